The number of para-hydroxylation sites is 4. The Morgan fingerprint density at radius 2 is 0.957 bits per heavy atom. The number of furan rings is 2. The molecule has 0 saturated carbocycles. The largest absolute Gasteiger partial charge is 0.454 e. The van der Waals surface area contributed by atoms with E-state index in [2.05, 4.69) is 142 Å². The van der Waals surface area contributed by atoms with Gasteiger partial charge in [-0.15, -0.1) is 10.2 Å². The van der Waals surface area contributed by atoms with Crippen LogP contribution >= 0.6 is 0 Å². The molecule has 3 heterocycles. The average molecular weight is 905 g/mol. The van der Waals surface area contributed by atoms with Gasteiger partial charge in [-0.25, -0.2) is 0 Å². The van der Waals surface area contributed by atoms with Gasteiger partial charge in [0.1, 0.15) is 27.9 Å². The Balaban J connectivity index is 0.882. The van der Waals surface area contributed by atoms with E-state index in [1.165, 1.54) is 0 Å². The maximum atomic E-state index is 8.31. The number of nitrogens with one attached hydrogen (secondary N) is 2. The van der Waals surface area contributed by atoms with Crippen LogP contribution in [0.4, 0.5) is 39.8 Å². The number of allylic oxidation sites excluding steroid dienone is 4. The zero-order valence-corrected chi connectivity index (χ0v) is 37.4. The molecule has 0 amide bonds. The quantitative estimate of drug-likeness (QED) is 0.104. The van der Waals surface area contributed by atoms with Crippen LogP contribution in [-0.2, 0) is 0 Å². The fourth-order valence-electron chi connectivity index (χ4n) is 9.42. The Morgan fingerprint density at radius 3 is 1.54 bits per heavy atom. The van der Waals surface area contributed by atoms with Crippen molar-refractivity contribution in [3.05, 3.63) is 231 Å². The minimum absolute atomic E-state index is 0.347. The summed E-state index contributed by atoms with van der Waals surface area (Å²) in [5.74, 6) is 0. The van der Waals surface area contributed by atoms with Gasteiger partial charge in [-0.05, 0) is 120 Å². The predicted octanol–water partition coefficient (Wildman–Crippen LogP) is 15.7. The second-order valence-electron chi connectivity index (χ2n) is 17.1. The Morgan fingerprint density at radius 1 is 0.457 bits per heavy atom. The Bertz CT molecular complexity index is 4050. The maximum absolute atomic E-state index is 8.31. The first kappa shape index (κ1) is 40.5. The van der Waals surface area contributed by atoms with Gasteiger partial charge in [-0.1, -0.05) is 121 Å². The maximum Gasteiger partial charge on any atom is 0.159 e. The number of fused-ring (bicyclic) bond motifs is 7. The molecule has 332 valence electrons. The molecule has 2 N–H and O–H groups in total. The van der Waals surface area contributed by atoms with Crippen LogP contribution < -0.4 is 15.2 Å². The molecule has 0 aliphatic heterocycles. The van der Waals surface area contributed by atoms with E-state index in [0.717, 1.165) is 112 Å². The van der Waals surface area contributed by atoms with Gasteiger partial charge in [0.25, 0.3) is 0 Å². The van der Waals surface area contributed by atoms with E-state index in [-0.39, 0.29) is 0 Å². The number of hydrogen-bond donors (Lipinski definition) is 2. The van der Waals surface area contributed by atoms with Crippen molar-refractivity contribution in [3.63, 3.8) is 0 Å². The first-order chi connectivity index (χ1) is 34.6. The summed E-state index contributed by atoms with van der Waals surface area (Å²) in [6.07, 6.45) is 7.27. The van der Waals surface area contributed by atoms with Crippen molar-refractivity contribution >= 4 is 106 Å². The first-order valence-electron chi connectivity index (χ1n) is 23.0. The van der Waals surface area contributed by atoms with Crippen LogP contribution in [0.1, 0.15) is 0 Å². The SMILES string of the molecule is N=C1C=CC=CC1=NNc1cccc(N(c2ccc(-c3ccc(N(c4cccc(-n5nc6ccccc6n5)c4)c4cccc5c4oc4ccccc45)cc3)cc2)c2cccc3c2oc2ccccc23)c1. The molecule has 0 fully saturated rings. The lowest BCUT2D eigenvalue weighted by atomic mass is 10.0. The lowest BCUT2D eigenvalue weighted by Crippen LogP contribution is -2.12. The minimum atomic E-state index is 0.347. The zero-order chi connectivity index (χ0) is 46.5. The third-order valence-corrected chi connectivity index (χ3v) is 12.8. The Labute approximate surface area is 401 Å². The van der Waals surface area contributed by atoms with Crippen LogP contribution in [0.25, 0.3) is 71.7 Å². The van der Waals surface area contributed by atoms with E-state index < -0.39 is 0 Å². The summed E-state index contributed by atoms with van der Waals surface area (Å²) in [7, 11) is 0. The highest BCUT2D eigenvalue weighted by Gasteiger charge is 2.22. The zero-order valence-electron chi connectivity index (χ0n) is 37.4. The molecule has 9 aromatic carbocycles. The normalized spacial score (nSPS) is 13.1. The van der Waals surface area contributed by atoms with Gasteiger partial charge in [-0.2, -0.15) is 9.90 Å². The summed E-state index contributed by atoms with van der Waals surface area (Å²) in [5.41, 5.74) is 18.3. The van der Waals surface area contributed by atoms with Crippen molar-refractivity contribution in [2.24, 2.45) is 5.10 Å². The van der Waals surface area contributed by atoms with E-state index in [9.17, 15) is 0 Å². The highest BCUT2D eigenvalue weighted by molar-refractivity contribution is 6.50. The van der Waals surface area contributed by atoms with Gasteiger partial charge in [-0.3, -0.25) is 10.8 Å². The molecule has 10 heteroatoms. The number of hydrogen-bond acceptors (Lipinski definition) is 9. The van der Waals surface area contributed by atoms with Crippen LogP contribution in [0.5, 0.6) is 0 Å². The molecule has 0 unspecified atom stereocenters. The van der Waals surface area contributed by atoms with E-state index in [1.54, 1.807) is 10.9 Å². The number of anilines is 7. The molecule has 0 radical (unpaired) electrons. The molecule has 12 aromatic rings. The van der Waals surface area contributed by atoms with Crippen LogP contribution in [0, 0.1) is 5.41 Å². The molecular weight excluding hydrogens is 865 g/mol. The van der Waals surface area contributed by atoms with Crippen molar-refractivity contribution in [2.45, 2.75) is 0 Å². The highest BCUT2D eigenvalue weighted by atomic mass is 16.3. The van der Waals surface area contributed by atoms with Crippen LogP contribution in [0.2, 0.25) is 0 Å². The second kappa shape index (κ2) is 16.8. The fourth-order valence-corrected chi connectivity index (χ4v) is 9.42. The van der Waals surface area contributed by atoms with Crippen molar-refractivity contribution in [1.82, 2.24) is 15.0 Å². The molecular formula is C60H40N8O2. The lowest BCUT2D eigenvalue weighted by Gasteiger charge is -2.26. The smallest absolute Gasteiger partial charge is 0.159 e. The second-order valence-corrected chi connectivity index (χ2v) is 17.1. The van der Waals surface area contributed by atoms with Crippen molar-refractivity contribution in [3.8, 4) is 16.8 Å². The molecule has 13 rings (SSSR count). The van der Waals surface area contributed by atoms with Crippen molar-refractivity contribution < 1.29 is 8.83 Å². The topological polar surface area (TPSA) is 112 Å². The minimum Gasteiger partial charge on any atom is -0.454 e. The summed E-state index contributed by atoms with van der Waals surface area (Å²) in [6, 6.07) is 70.5. The van der Waals surface area contributed by atoms with E-state index in [0.29, 0.717) is 11.4 Å². The van der Waals surface area contributed by atoms with Crippen LogP contribution in [-0.4, -0.2) is 26.4 Å². The number of benzene rings is 9. The monoisotopic (exact) mass is 904 g/mol. The Hall–Kier alpha value is -9.80. The van der Waals surface area contributed by atoms with E-state index >= 15 is 0 Å². The van der Waals surface area contributed by atoms with Crippen LogP contribution in [0.3, 0.4) is 0 Å². The molecule has 1 aliphatic rings. The van der Waals surface area contributed by atoms with Gasteiger partial charge >= 0.3 is 0 Å². The number of aromatic nitrogens is 3. The van der Waals surface area contributed by atoms with Gasteiger partial charge in [0.15, 0.2) is 11.2 Å². The molecule has 0 atom stereocenters. The summed E-state index contributed by atoms with van der Waals surface area (Å²) in [5, 5.41) is 26.7. The Kier molecular flexibility index (Phi) is 9.72. The van der Waals surface area contributed by atoms with Crippen LogP contribution in [0.15, 0.2) is 244 Å². The van der Waals surface area contributed by atoms with Gasteiger partial charge in [0, 0.05) is 44.3 Å². The third-order valence-electron chi connectivity index (χ3n) is 12.8. The number of nitrogens with zero attached hydrogens (tertiary/aromatic N) is 6. The molecule has 3 aromatic heterocycles. The summed E-state index contributed by atoms with van der Waals surface area (Å²) >= 11 is 0. The van der Waals surface area contributed by atoms with Gasteiger partial charge in [0.05, 0.1) is 28.5 Å². The van der Waals surface area contributed by atoms with E-state index in [1.807, 2.05) is 103 Å². The fraction of sp³-hybridized carbons (Fsp3) is 0. The molecule has 10 nitrogen and oxygen atoms in total. The predicted molar refractivity (Wildman–Crippen MR) is 285 cm³/mol. The standard InChI is InChI=1S/C60H40N8O2/c61-51-21-3-4-22-52(51)63-62-41-13-9-14-44(37-41)66(55-25-11-19-49-47-17-1-7-27-57(47)69-59(49)55)42-33-29-39(30-34-42)40-31-35-43(36-32-40)67(56-26-12-20-50-48-18-2-8-28-58(48)70-60(50)56)45-15-10-16-46(38-45)68-64-53-23-5-6-24-54(53)65-68/h1-38,61-62H. The molecule has 0 spiro atoms. The van der Waals surface area contributed by atoms with Crippen molar-refractivity contribution in [1.29, 1.82) is 5.41 Å². The van der Waals surface area contributed by atoms with Crippen molar-refractivity contribution in [2.75, 3.05) is 15.2 Å². The molecule has 0 bridgehead atoms. The van der Waals surface area contributed by atoms with Gasteiger partial charge in [0.2, 0.25) is 0 Å². The molecule has 0 saturated heterocycles. The lowest BCUT2D eigenvalue weighted by molar-refractivity contribution is 0.668. The number of hydrazone groups is 1. The highest BCUT2D eigenvalue weighted by Crippen LogP contribution is 2.45. The molecule has 70 heavy (non-hydrogen) atoms. The van der Waals surface area contributed by atoms with Gasteiger partial charge < -0.3 is 18.6 Å². The molecule has 1 aliphatic carbocycles. The number of rotatable bonds is 10. The first-order valence-corrected chi connectivity index (χ1v) is 23.0. The third kappa shape index (κ3) is 7.15. The summed E-state index contributed by atoms with van der Waals surface area (Å²) in [4.78, 5) is 6.15. The summed E-state index contributed by atoms with van der Waals surface area (Å²) < 4.78 is 13.2. The average Bonchev–Trinajstić information content (AvgIpc) is 4.14. The van der Waals surface area contributed by atoms with E-state index in [4.69, 9.17) is 24.4 Å². The summed E-state index contributed by atoms with van der Waals surface area (Å²) in [6.45, 7) is 0.